The Hall–Kier alpha value is -2.47. The van der Waals surface area contributed by atoms with E-state index in [1.165, 1.54) is 23.4 Å². The molecule has 1 aliphatic carbocycles. The number of nitrogens with zero attached hydrogens (tertiary/aromatic N) is 1. The van der Waals surface area contributed by atoms with Gasteiger partial charge in [-0.2, -0.15) is 0 Å². The summed E-state index contributed by atoms with van der Waals surface area (Å²) in [7, 11) is 0. The molecule has 5 nitrogen and oxygen atoms in total. The summed E-state index contributed by atoms with van der Waals surface area (Å²) in [6.45, 7) is 0.00618. The summed E-state index contributed by atoms with van der Waals surface area (Å²) in [5.74, 6) is -0.489. The van der Waals surface area contributed by atoms with Crippen LogP contribution in [0.1, 0.15) is 33.5 Å². The molecular weight excluding hydrogens is 386 g/mol. The number of esters is 1. The number of carbonyl (C=O) groups excluding carboxylic acids is 1. The zero-order chi connectivity index (χ0) is 17.4. The summed E-state index contributed by atoms with van der Waals surface area (Å²) in [6.07, 6.45) is 6.16. The lowest BCUT2D eigenvalue weighted by Gasteiger charge is -2.09. The first-order chi connectivity index (χ1) is 12.1. The number of hydrogen-bond acceptors (Lipinski definition) is 5. The molecular formula is C19H14BrNO4. The molecule has 6 heteroatoms. The van der Waals surface area contributed by atoms with Gasteiger partial charge in [0, 0.05) is 33.9 Å². The van der Waals surface area contributed by atoms with Crippen LogP contribution in [0.15, 0.2) is 50.3 Å². The zero-order valence-corrected chi connectivity index (χ0v) is 14.8. The highest BCUT2D eigenvalue weighted by Gasteiger charge is 2.16. The first-order valence-electron chi connectivity index (χ1n) is 7.96. The molecule has 25 heavy (non-hydrogen) atoms. The molecule has 0 spiro atoms. The molecule has 3 aromatic rings. The van der Waals surface area contributed by atoms with E-state index < -0.39 is 11.6 Å². The Balaban J connectivity index is 1.65. The fourth-order valence-electron chi connectivity index (χ4n) is 3.16. The van der Waals surface area contributed by atoms with E-state index in [4.69, 9.17) is 9.15 Å². The third kappa shape index (κ3) is 3.22. The van der Waals surface area contributed by atoms with E-state index in [0.717, 1.165) is 24.6 Å². The van der Waals surface area contributed by atoms with Crippen molar-refractivity contribution in [3.63, 3.8) is 0 Å². The lowest BCUT2D eigenvalue weighted by atomic mass is 10.0. The van der Waals surface area contributed by atoms with E-state index in [2.05, 4.69) is 20.9 Å². The molecule has 1 aromatic carbocycles. The van der Waals surface area contributed by atoms with Crippen LogP contribution in [0.25, 0.3) is 11.0 Å². The van der Waals surface area contributed by atoms with Crippen LogP contribution < -0.4 is 5.63 Å². The summed E-state index contributed by atoms with van der Waals surface area (Å²) in [5, 5.41) is 0.820. The average Bonchev–Trinajstić information content (AvgIpc) is 3.04. The maximum atomic E-state index is 12.2. The highest BCUT2D eigenvalue weighted by atomic mass is 79.9. The highest BCUT2D eigenvalue weighted by molar-refractivity contribution is 9.10. The normalized spacial score (nSPS) is 13.0. The second-order valence-corrected chi connectivity index (χ2v) is 6.94. The summed E-state index contributed by atoms with van der Waals surface area (Å²) < 4.78 is 11.4. The standard InChI is InChI=1S/C19H14BrNO4/c20-15-4-13(8-21-9-15)19(23)24-10-14-7-18(22)25-17-6-12-3-1-2-11(12)5-16(14)17/h4-9H,1-3,10H2. The number of aromatic nitrogens is 1. The maximum absolute atomic E-state index is 12.2. The van der Waals surface area contributed by atoms with E-state index in [9.17, 15) is 9.59 Å². The van der Waals surface area contributed by atoms with Crippen molar-refractivity contribution in [3.05, 3.63) is 73.8 Å². The molecule has 2 aromatic heterocycles. The van der Waals surface area contributed by atoms with Gasteiger partial charge in [-0.3, -0.25) is 4.98 Å². The van der Waals surface area contributed by atoms with Crippen LogP contribution >= 0.6 is 15.9 Å². The van der Waals surface area contributed by atoms with Crippen LogP contribution in [0.5, 0.6) is 0 Å². The maximum Gasteiger partial charge on any atom is 0.340 e. The zero-order valence-electron chi connectivity index (χ0n) is 13.3. The molecule has 0 saturated carbocycles. The van der Waals surface area contributed by atoms with Gasteiger partial charge in [0.1, 0.15) is 12.2 Å². The first-order valence-corrected chi connectivity index (χ1v) is 8.76. The van der Waals surface area contributed by atoms with E-state index in [0.29, 0.717) is 21.2 Å². The molecule has 0 unspecified atom stereocenters. The summed E-state index contributed by atoms with van der Waals surface area (Å²) in [6, 6.07) is 7.00. The van der Waals surface area contributed by atoms with E-state index in [1.54, 1.807) is 12.3 Å². The molecule has 2 heterocycles. The molecule has 0 amide bonds. The number of fused-ring (bicyclic) bond motifs is 2. The van der Waals surface area contributed by atoms with Crippen LogP contribution in [-0.2, 0) is 24.2 Å². The van der Waals surface area contributed by atoms with Gasteiger partial charge in [0.15, 0.2) is 0 Å². The Bertz CT molecular complexity index is 1040. The second kappa shape index (κ2) is 6.44. The minimum Gasteiger partial charge on any atom is -0.457 e. The van der Waals surface area contributed by atoms with Crippen LogP contribution in [0.4, 0.5) is 0 Å². The van der Waals surface area contributed by atoms with Gasteiger partial charge in [-0.15, -0.1) is 0 Å². The van der Waals surface area contributed by atoms with Crippen molar-refractivity contribution in [2.75, 3.05) is 0 Å². The van der Waals surface area contributed by atoms with Crippen LogP contribution in [0, 0.1) is 0 Å². The Labute approximate surface area is 151 Å². The number of ether oxygens (including phenoxy) is 1. The number of rotatable bonds is 3. The van der Waals surface area contributed by atoms with Crippen LogP contribution in [-0.4, -0.2) is 11.0 Å². The molecule has 1 aliphatic rings. The smallest absolute Gasteiger partial charge is 0.340 e. The van der Waals surface area contributed by atoms with E-state index >= 15 is 0 Å². The van der Waals surface area contributed by atoms with Gasteiger partial charge in [0.05, 0.1) is 5.56 Å². The summed E-state index contributed by atoms with van der Waals surface area (Å²) >= 11 is 3.27. The van der Waals surface area contributed by atoms with E-state index in [1.807, 2.05) is 12.1 Å². The van der Waals surface area contributed by atoms with E-state index in [-0.39, 0.29) is 6.61 Å². The van der Waals surface area contributed by atoms with Crippen LogP contribution in [0.2, 0.25) is 0 Å². The predicted molar refractivity (Wildman–Crippen MR) is 95.6 cm³/mol. The number of halogens is 1. The fraction of sp³-hybridized carbons (Fsp3) is 0.211. The number of aryl methyl sites for hydroxylation is 2. The summed E-state index contributed by atoms with van der Waals surface area (Å²) in [5.41, 5.74) is 3.60. The monoisotopic (exact) mass is 399 g/mol. The largest absolute Gasteiger partial charge is 0.457 e. The van der Waals surface area contributed by atoms with Crippen molar-refractivity contribution in [2.45, 2.75) is 25.9 Å². The van der Waals surface area contributed by atoms with Crippen molar-refractivity contribution >= 4 is 32.9 Å². The Morgan fingerprint density at radius 3 is 2.76 bits per heavy atom. The Morgan fingerprint density at radius 1 is 1.16 bits per heavy atom. The number of hydrogen-bond donors (Lipinski definition) is 0. The third-order valence-electron chi connectivity index (χ3n) is 4.34. The number of carbonyl (C=O) groups is 1. The van der Waals surface area contributed by atoms with Gasteiger partial charge >= 0.3 is 11.6 Å². The topological polar surface area (TPSA) is 69.4 Å². The lowest BCUT2D eigenvalue weighted by molar-refractivity contribution is 0.0473. The molecule has 126 valence electrons. The molecule has 0 N–H and O–H groups in total. The van der Waals surface area contributed by atoms with Gasteiger partial charge in [0.25, 0.3) is 0 Å². The second-order valence-electron chi connectivity index (χ2n) is 6.03. The predicted octanol–water partition coefficient (Wildman–Crippen LogP) is 3.80. The fourth-order valence-corrected chi connectivity index (χ4v) is 3.53. The van der Waals surface area contributed by atoms with Crippen LogP contribution in [0.3, 0.4) is 0 Å². The number of benzene rings is 1. The van der Waals surface area contributed by atoms with Gasteiger partial charge in [-0.1, -0.05) is 0 Å². The molecule has 0 aliphatic heterocycles. The highest BCUT2D eigenvalue weighted by Crippen LogP contribution is 2.28. The van der Waals surface area contributed by atoms with Crippen molar-refractivity contribution in [2.24, 2.45) is 0 Å². The lowest BCUT2D eigenvalue weighted by Crippen LogP contribution is -2.08. The third-order valence-corrected chi connectivity index (χ3v) is 4.78. The van der Waals surface area contributed by atoms with Crippen molar-refractivity contribution < 1.29 is 13.9 Å². The molecule has 0 fully saturated rings. The molecule has 4 rings (SSSR count). The molecule has 0 atom stereocenters. The van der Waals surface area contributed by atoms with Gasteiger partial charge in [-0.05, 0) is 64.5 Å². The van der Waals surface area contributed by atoms with Gasteiger partial charge < -0.3 is 9.15 Å². The van der Waals surface area contributed by atoms with Gasteiger partial charge in [0.2, 0.25) is 0 Å². The Morgan fingerprint density at radius 2 is 1.96 bits per heavy atom. The molecule has 0 bridgehead atoms. The average molecular weight is 400 g/mol. The Kier molecular flexibility index (Phi) is 4.13. The van der Waals surface area contributed by atoms with Crippen molar-refractivity contribution in [3.8, 4) is 0 Å². The molecule has 0 radical (unpaired) electrons. The summed E-state index contributed by atoms with van der Waals surface area (Å²) in [4.78, 5) is 28.0. The number of pyridine rings is 1. The first kappa shape index (κ1) is 16.0. The SMILES string of the molecule is O=C(OCc1cc(=O)oc2cc3c(cc12)CCC3)c1cncc(Br)c1. The quantitative estimate of drug-likeness (QED) is 0.494. The molecule has 0 saturated heterocycles. The van der Waals surface area contributed by atoms with Crippen molar-refractivity contribution in [1.82, 2.24) is 4.98 Å². The minimum atomic E-state index is -0.489. The van der Waals surface area contributed by atoms with Gasteiger partial charge in [-0.25, -0.2) is 9.59 Å². The minimum absolute atomic E-state index is 0.00618. The van der Waals surface area contributed by atoms with Crippen molar-refractivity contribution in [1.29, 1.82) is 0 Å².